The van der Waals surface area contributed by atoms with Gasteiger partial charge in [-0.1, -0.05) is 34.8 Å². The highest BCUT2D eigenvalue weighted by Crippen LogP contribution is 2.30. The predicted molar refractivity (Wildman–Crippen MR) is 141 cm³/mol. The zero-order valence-corrected chi connectivity index (χ0v) is 21.3. The molecule has 2 heterocycles. The van der Waals surface area contributed by atoms with Crippen LogP contribution in [0.15, 0.2) is 48.5 Å². The van der Waals surface area contributed by atoms with Gasteiger partial charge in [0.05, 0.1) is 16.3 Å². The molecule has 1 fully saturated rings. The first-order valence-corrected chi connectivity index (χ1v) is 13.3. The Bertz CT molecular complexity index is 1160. The number of halogens is 3. The average Bonchev–Trinajstić information content (AvgIpc) is 3.17. The van der Waals surface area contributed by atoms with Crippen molar-refractivity contribution in [3.05, 3.63) is 78.9 Å². The van der Waals surface area contributed by atoms with E-state index in [0.717, 1.165) is 36.0 Å². The van der Waals surface area contributed by atoms with Crippen molar-refractivity contribution < 1.29 is 9.59 Å². The molecule has 1 aliphatic rings. The summed E-state index contributed by atoms with van der Waals surface area (Å²) < 4.78 is 0. The fraction of sp³-hybridized carbons (Fsp3) is 0.217. The molecule has 0 unspecified atom stereocenters. The summed E-state index contributed by atoms with van der Waals surface area (Å²) in [6, 6.07) is 13.3. The van der Waals surface area contributed by atoms with Crippen molar-refractivity contribution in [3.8, 4) is 0 Å². The number of benzene rings is 2. The topological polar surface area (TPSA) is 61.4 Å². The van der Waals surface area contributed by atoms with Crippen molar-refractivity contribution in [3.63, 3.8) is 0 Å². The van der Waals surface area contributed by atoms with E-state index in [4.69, 9.17) is 34.8 Å². The van der Waals surface area contributed by atoms with Gasteiger partial charge in [0.1, 0.15) is 4.88 Å². The number of hydrogen-bond donors (Lipinski definition) is 2. The molecule has 2 N–H and O–H groups in total. The third-order valence-corrected chi connectivity index (χ3v) is 7.96. The number of nitrogens with one attached hydrogen (secondary N) is 2. The zero-order valence-electron chi connectivity index (χ0n) is 17.4. The number of carbonyl (C=O) groups is 2. The molecular formula is C23H20Cl3N3O2S2. The van der Waals surface area contributed by atoms with Gasteiger partial charge >= 0.3 is 0 Å². The number of carbonyl (C=O) groups excluding carboxylic acids is 2. The van der Waals surface area contributed by atoms with E-state index >= 15 is 0 Å². The van der Waals surface area contributed by atoms with Gasteiger partial charge in [-0.3, -0.25) is 14.5 Å². The van der Waals surface area contributed by atoms with Crippen LogP contribution in [0, 0.1) is 0 Å². The smallest absolute Gasteiger partial charge is 0.267 e. The molecule has 0 aliphatic carbocycles. The van der Waals surface area contributed by atoms with Gasteiger partial charge < -0.3 is 10.6 Å². The second-order valence-electron chi connectivity index (χ2n) is 7.38. The lowest BCUT2D eigenvalue weighted by Crippen LogP contribution is -2.31. The number of thioether (sulfide) groups is 1. The van der Waals surface area contributed by atoms with Crippen LogP contribution in [0.1, 0.15) is 24.9 Å². The van der Waals surface area contributed by atoms with Crippen molar-refractivity contribution >= 4 is 81.1 Å². The lowest BCUT2D eigenvalue weighted by Gasteiger charge is -2.25. The molecule has 3 aromatic rings. The SMILES string of the molecule is O=C(Nc1ccc(Cl)cc1)c1cc(Cl)ccc1NC(=O)c1sc(CN2CCSCC2)cc1Cl. The van der Waals surface area contributed by atoms with Gasteiger partial charge in [-0.15, -0.1) is 11.3 Å². The molecule has 4 rings (SSSR count). The maximum Gasteiger partial charge on any atom is 0.267 e. The number of anilines is 2. The van der Waals surface area contributed by atoms with Gasteiger partial charge in [0.25, 0.3) is 11.8 Å². The second-order valence-corrected chi connectivity index (χ2v) is 11.0. The molecule has 5 nitrogen and oxygen atoms in total. The summed E-state index contributed by atoms with van der Waals surface area (Å²) in [5.41, 5.74) is 1.16. The Hall–Kier alpha value is -1.74. The van der Waals surface area contributed by atoms with E-state index in [-0.39, 0.29) is 11.5 Å². The summed E-state index contributed by atoms with van der Waals surface area (Å²) in [4.78, 5) is 29.7. The minimum Gasteiger partial charge on any atom is -0.322 e. The quantitative estimate of drug-likeness (QED) is 0.362. The van der Waals surface area contributed by atoms with Crippen molar-refractivity contribution in [2.45, 2.75) is 6.54 Å². The molecule has 1 saturated heterocycles. The number of rotatable bonds is 6. The highest BCUT2D eigenvalue weighted by atomic mass is 35.5. The van der Waals surface area contributed by atoms with Gasteiger partial charge in [-0.05, 0) is 48.5 Å². The molecule has 2 aromatic carbocycles. The predicted octanol–water partition coefficient (Wildman–Crippen LogP) is 6.76. The van der Waals surface area contributed by atoms with Crippen LogP contribution in [0.2, 0.25) is 15.1 Å². The number of hydrogen-bond acceptors (Lipinski definition) is 5. The van der Waals surface area contributed by atoms with E-state index in [0.29, 0.717) is 31.3 Å². The maximum atomic E-state index is 13.0. The van der Waals surface area contributed by atoms with Crippen molar-refractivity contribution in [2.75, 3.05) is 35.2 Å². The average molecular weight is 541 g/mol. The van der Waals surface area contributed by atoms with Crippen molar-refractivity contribution in [1.82, 2.24) is 4.90 Å². The summed E-state index contributed by atoms with van der Waals surface area (Å²) in [5.74, 6) is 1.46. The highest BCUT2D eigenvalue weighted by molar-refractivity contribution is 7.99. The molecule has 2 amide bonds. The van der Waals surface area contributed by atoms with Gasteiger partial charge in [-0.25, -0.2) is 0 Å². The lowest BCUT2D eigenvalue weighted by molar-refractivity contribution is 0.102. The van der Waals surface area contributed by atoms with Gasteiger partial charge in [0.2, 0.25) is 0 Å². The van der Waals surface area contributed by atoms with Crippen LogP contribution < -0.4 is 10.6 Å². The van der Waals surface area contributed by atoms with Crippen molar-refractivity contribution in [1.29, 1.82) is 0 Å². The summed E-state index contributed by atoms with van der Waals surface area (Å²) in [7, 11) is 0. The standard InChI is InChI=1S/C23H20Cl3N3O2S2/c24-14-1-4-16(5-2-14)27-22(30)18-11-15(25)3-6-20(18)28-23(31)21-19(26)12-17(33-21)13-29-7-9-32-10-8-29/h1-6,11-12H,7-10,13H2,(H,27,30)(H,28,31). The van der Waals surface area contributed by atoms with E-state index in [1.807, 2.05) is 17.8 Å². The maximum absolute atomic E-state index is 13.0. The van der Waals surface area contributed by atoms with Crippen LogP contribution in [-0.4, -0.2) is 41.3 Å². The molecule has 1 aliphatic heterocycles. The lowest BCUT2D eigenvalue weighted by atomic mass is 10.1. The normalized spacial score (nSPS) is 14.2. The van der Waals surface area contributed by atoms with Gasteiger partial charge in [0, 0.05) is 51.7 Å². The molecular weight excluding hydrogens is 521 g/mol. The molecule has 172 valence electrons. The Morgan fingerprint density at radius 2 is 1.58 bits per heavy atom. The van der Waals surface area contributed by atoms with Crippen molar-refractivity contribution in [2.24, 2.45) is 0 Å². The molecule has 0 spiro atoms. The van der Waals surface area contributed by atoms with E-state index in [2.05, 4.69) is 15.5 Å². The van der Waals surface area contributed by atoms with Crippen LogP contribution in [0.3, 0.4) is 0 Å². The Balaban J connectivity index is 1.50. The monoisotopic (exact) mass is 539 g/mol. The highest BCUT2D eigenvalue weighted by Gasteiger charge is 2.20. The fourth-order valence-corrected chi connectivity index (χ4v) is 6.01. The molecule has 0 saturated carbocycles. The third-order valence-electron chi connectivity index (χ3n) is 5.00. The second kappa shape index (κ2) is 11.1. The summed E-state index contributed by atoms with van der Waals surface area (Å²) >= 11 is 21.7. The van der Waals surface area contributed by atoms with Gasteiger partial charge in [-0.2, -0.15) is 11.8 Å². The first kappa shape index (κ1) is 24.4. The van der Waals surface area contributed by atoms with Crippen LogP contribution in [0.25, 0.3) is 0 Å². The molecule has 0 bridgehead atoms. The van der Waals surface area contributed by atoms with E-state index in [1.54, 1.807) is 36.4 Å². The molecule has 0 atom stereocenters. The van der Waals surface area contributed by atoms with Crippen LogP contribution >= 0.6 is 57.9 Å². The molecule has 33 heavy (non-hydrogen) atoms. The van der Waals surface area contributed by atoms with Crippen LogP contribution in [0.5, 0.6) is 0 Å². The third kappa shape index (κ3) is 6.44. The van der Waals surface area contributed by atoms with E-state index < -0.39 is 5.91 Å². The van der Waals surface area contributed by atoms with Gasteiger partial charge in [0.15, 0.2) is 0 Å². The Morgan fingerprint density at radius 1 is 0.879 bits per heavy atom. The Labute approximate surface area is 215 Å². The molecule has 1 aromatic heterocycles. The summed E-state index contributed by atoms with van der Waals surface area (Å²) in [5, 5.41) is 6.95. The minimum atomic E-state index is -0.406. The molecule has 0 radical (unpaired) electrons. The number of thiophene rings is 1. The number of nitrogens with zero attached hydrogens (tertiary/aromatic N) is 1. The van der Waals surface area contributed by atoms with E-state index in [9.17, 15) is 9.59 Å². The largest absolute Gasteiger partial charge is 0.322 e. The summed E-state index contributed by atoms with van der Waals surface area (Å²) in [6.45, 7) is 2.82. The van der Waals surface area contributed by atoms with Crippen LogP contribution in [-0.2, 0) is 6.54 Å². The minimum absolute atomic E-state index is 0.240. The fourth-order valence-electron chi connectivity index (χ4n) is 3.35. The molecule has 10 heteroatoms. The Kier molecular flexibility index (Phi) is 8.22. The first-order chi connectivity index (χ1) is 15.9. The number of amides is 2. The summed E-state index contributed by atoms with van der Waals surface area (Å²) in [6.07, 6.45) is 0. The zero-order chi connectivity index (χ0) is 23.4. The first-order valence-electron chi connectivity index (χ1n) is 10.1. The van der Waals surface area contributed by atoms with E-state index in [1.165, 1.54) is 17.4 Å². The Morgan fingerprint density at radius 3 is 2.30 bits per heavy atom. The van der Waals surface area contributed by atoms with Crippen LogP contribution in [0.4, 0.5) is 11.4 Å².